The molecule has 3 nitrogen and oxygen atoms in total. The minimum absolute atomic E-state index is 0.407. The molecular formula is C15H21N3. The van der Waals surface area contributed by atoms with Crippen molar-refractivity contribution in [1.82, 2.24) is 15.1 Å². The van der Waals surface area contributed by atoms with Gasteiger partial charge in [0.25, 0.3) is 0 Å². The molecule has 0 saturated carbocycles. The highest BCUT2D eigenvalue weighted by Gasteiger charge is 2.10. The Morgan fingerprint density at radius 1 is 1.17 bits per heavy atom. The van der Waals surface area contributed by atoms with Gasteiger partial charge in [0.1, 0.15) is 0 Å². The van der Waals surface area contributed by atoms with Crippen molar-refractivity contribution >= 4 is 0 Å². The lowest BCUT2D eigenvalue weighted by Gasteiger charge is -2.16. The van der Waals surface area contributed by atoms with Gasteiger partial charge in [-0.3, -0.25) is 4.68 Å². The van der Waals surface area contributed by atoms with Crippen LogP contribution in [0.15, 0.2) is 42.7 Å². The van der Waals surface area contributed by atoms with Crippen LogP contribution in [0.3, 0.4) is 0 Å². The summed E-state index contributed by atoms with van der Waals surface area (Å²) in [6.07, 6.45) is 5.14. The molecule has 0 aliphatic heterocycles. The first kappa shape index (κ1) is 12.8. The topological polar surface area (TPSA) is 29.9 Å². The Hall–Kier alpha value is -1.61. The molecule has 1 aromatic heterocycles. The van der Waals surface area contributed by atoms with Crippen molar-refractivity contribution in [3.8, 4) is 11.1 Å². The van der Waals surface area contributed by atoms with Crippen LogP contribution in [0.25, 0.3) is 11.1 Å². The summed E-state index contributed by atoms with van der Waals surface area (Å²) >= 11 is 0. The summed E-state index contributed by atoms with van der Waals surface area (Å²) < 4.78 is 2.05. The van der Waals surface area contributed by atoms with Crippen molar-refractivity contribution in [1.29, 1.82) is 0 Å². The average Bonchev–Trinajstić information content (AvgIpc) is 2.89. The number of benzene rings is 1. The smallest absolute Gasteiger partial charge is 0.0568 e. The van der Waals surface area contributed by atoms with Crippen LogP contribution in [0, 0.1) is 0 Å². The number of nitrogens with one attached hydrogen (secondary N) is 1. The lowest BCUT2D eigenvalue weighted by molar-refractivity contribution is 0.403. The van der Waals surface area contributed by atoms with Crippen LogP contribution in [0.5, 0.6) is 0 Å². The predicted octanol–water partition coefficient (Wildman–Crippen LogP) is 3.11. The van der Waals surface area contributed by atoms with Gasteiger partial charge in [0, 0.05) is 17.8 Å². The highest BCUT2D eigenvalue weighted by Crippen LogP contribution is 2.20. The highest BCUT2D eigenvalue weighted by atomic mass is 15.3. The second-order valence-electron chi connectivity index (χ2n) is 4.85. The maximum absolute atomic E-state index is 4.47. The van der Waals surface area contributed by atoms with E-state index in [1.165, 1.54) is 11.1 Å². The van der Waals surface area contributed by atoms with Gasteiger partial charge in [-0.25, -0.2) is 0 Å². The number of nitrogens with zero attached hydrogens (tertiary/aromatic N) is 2. The molecule has 2 aromatic rings. The molecule has 0 saturated heterocycles. The molecule has 0 spiro atoms. The molecule has 2 atom stereocenters. The molecule has 0 amide bonds. The van der Waals surface area contributed by atoms with Crippen molar-refractivity contribution in [2.24, 2.45) is 0 Å². The molecule has 0 fully saturated rings. The van der Waals surface area contributed by atoms with Gasteiger partial charge in [-0.15, -0.1) is 0 Å². The van der Waals surface area contributed by atoms with Gasteiger partial charge in [0.05, 0.1) is 12.2 Å². The average molecular weight is 243 g/mol. The van der Waals surface area contributed by atoms with Crippen LogP contribution in [0.4, 0.5) is 0 Å². The highest BCUT2D eigenvalue weighted by molar-refractivity contribution is 5.61. The zero-order valence-corrected chi connectivity index (χ0v) is 11.3. The summed E-state index contributed by atoms with van der Waals surface area (Å²) in [7, 11) is 2.00. The zero-order valence-electron chi connectivity index (χ0n) is 11.3. The van der Waals surface area contributed by atoms with E-state index in [2.05, 4.69) is 59.4 Å². The van der Waals surface area contributed by atoms with Crippen molar-refractivity contribution in [3.05, 3.63) is 42.7 Å². The molecule has 3 heteroatoms. The van der Waals surface area contributed by atoms with Crippen LogP contribution in [-0.4, -0.2) is 22.9 Å². The summed E-state index contributed by atoms with van der Waals surface area (Å²) in [5.41, 5.74) is 2.40. The van der Waals surface area contributed by atoms with E-state index in [1.807, 2.05) is 19.3 Å². The van der Waals surface area contributed by atoms with E-state index in [0.29, 0.717) is 12.1 Å². The monoisotopic (exact) mass is 243 g/mol. The predicted molar refractivity (Wildman–Crippen MR) is 75.5 cm³/mol. The Kier molecular flexibility index (Phi) is 4.15. The van der Waals surface area contributed by atoms with Crippen LogP contribution >= 0.6 is 0 Å². The van der Waals surface area contributed by atoms with Gasteiger partial charge in [-0.05, 0) is 32.9 Å². The number of aromatic nitrogens is 2. The second kappa shape index (κ2) is 5.83. The lowest BCUT2D eigenvalue weighted by atomic mass is 10.1. The van der Waals surface area contributed by atoms with E-state index < -0.39 is 0 Å². The minimum Gasteiger partial charge on any atom is -0.317 e. The van der Waals surface area contributed by atoms with Crippen molar-refractivity contribution in [3.63, 3.8) is 0 Å². The molecule has 0 radical (unpaired) electrons. The van der Waals surface area contributed by atoms with E-state index in [1.54, 1.807) is 0 Å². The standard InChI is InChI=1S/C15H21N3/c1-12(16-3)9-13(2)18-11-15(10-17-18)14-7-5-4-6-8-14/h4-8,10-13,16H,9H2,1-3H3. The summed E-state index contributed by atoms with van der Waals surface area (Å²) in [6, 6.07) is 11.3. The summed E-state index contributed by atoms with van der Waals surface area (Å²) in [6.45, 7) is 4.40. The maximum Gasteiger partial charge on any atom is 0.0568 e. The van der Waals surface area contributed by atoms with E-state index in [4.69, 9.17) is 0 Å². The molecule has 2 rings (SSSR count). The quantitative estimate of drug-likeness (QED) is 0.874. The van der Waals surface area contributed by atoms with Gasteiger partial charge >= 0.3 is 0 Å². The van der Waals surface area contributed by atoms with Gasteiger partial charge in [0.2, 0.25) is 0 Å². The molecule has 2 unspecified atom stereocenters. The van der Waals surface area contributed by atoms with Crippen molar-refractivity contribution in [2.45, 2.75) is 32.4 Å². The van der Waals surface area contributed by atoms with E-state index in [0.717, 1.165) is 6.42 Å². The maximum atomic E-state index is 4.47. The SMILES string of the molecule is CNC(C)CC(C)n1cc(-c2ccccc2)cn1. The summed E-state index contributed by atoms with van der Waals surface area (Å²) in [5.74, 6) is 0. The largest absolute Gasteiger partial charge is 0.317 e. The molecule has 96 valence electrons. The molecule has 1 heterocycles. The Bertz CT molecular complexity index is 475. The first-order chi connectivity index (χ1) is 8.70. The Labute approximate surface area is 109 Å². The van der Waals surface area contributed by atoms with Crippen molar-refractivity contribution in [2.75, 3.05) is 7.05 Å². The lowest BCUT2D eigenvalue weighted by Crippen LogP contribution is -2.24. The molecule has 18 heavy (non-hydrogen) atoms. The van der Waals surface area contributed by atoms with Gasteiger partial charge in [-0.2, -0.15) is 5.10 Å². The van der Waals surface area contributed by atoms with Crippen LogP contribution < -0.4 is 5.32 Å². The van der Waals surface area contributed by atoms with Crippen LogP contribution in [0.1, 0.15) is 26.3 Å². The third kappa shape index (κ3) is 2.99. The number of hydrogen-bond acceptors (Lipinski definition) is 2. The van der Waals surface area contributed by atoms with Gasteiger partial charge < -0.3 is 5.32 Å². The van der Waals surface area contributed by atoms with Crippen molar-refractivity contribution < 1.29 is 0 Å². The fourth-order valence-electron chi connectivity index (χ4n) is 2.10. The number of rotatable bonds is 5. The minimum atomic E-state index is 0.407. The Morgan fingerprint density at radius 3 is 2.56 bits per heavy atom. The molecule has 0 aliphatic rings. The molecule has 1 aromatic carbocycles. The van der Waals surface area contributed by atoms with Crippen LogP contribution in [0.2, 0.25) is 0 Å². The first-order valence-corrected chi connectivity index (χ1v) is 6.47. The Balaban J connectivity index is 2.11. The van der Waals surface area contributed by atoms with Gasteiger partial charge in [0.15, 0.2) is 0 Å². The fraction of sp³-hybridized carbons (Fsp3) is 0.400. The second-order valence-corrected chi connectivity index (χ2v) is 4.85. The third-order valence-corrected chi connectivity index (χ3v) is 3.35. The van der Waals surface area contributed by atoms with E-state index in [-0.39, 0.29) is 0 Å². The van der Waals surface area contributed by atoms with E-state index in [9.17, 15) is 0 Å². The van der Waals surface area contributed by atoms with E-state index >= 15 is 0 Å². The van der Waals surface area contributed by atoms with Gasteiger partial charge in [-0.1, -0.05) is 30.3 Å². The molecule has 1 N–H and O–H groups in total. The summed E-state index contributed by atoms with van der Waals surface area (Å²) in [4.78, 5) is 0. The first-order valence-electron chi connectivity index (χ1n) is 6.47. The molecule has 0 bridgehead atoms. The number of hydrogen-bond donors (Lipinski definition) is 1. The normalized spacial score (nSPS) is 14.4. The summed E-state index contributed by atoms with van der Waals surface area (Å²) in [5, 5.41) is 7.73. The van der Waals surface area contributed by atoms with Crippen LogP contribution in [-0.2, 0) is 0 Å². The Morgan fingerprint density at radius 2 is 1.89 bits per heavy atom. The third-order valence-electron chi connectivity index (χ3n) is 3.35. The zero-order chi connectivity index (χ0) is 13.0. The molecular weight excluding hydrogens is 222 g/mol. The molecule has 0 aliphatic carbocycles. The fourth-order valence-corrected chi connectivity index (χ4v) is 2.10.